The molecule has 0 atom stereocenters. The van der Waals surface area contributed by atoms with E-state index in [9.17, 15) is 9.59 Å². The van der Waals surface area contributed by atoms with Gasteiger partial charge >= 0.3 is 5.97 Å². The Labute approximate surface area is 118 Å². The first-order chi connectivity index (χ1) is 9.56. The van der Waals surface area contributed by atoms with Crippen LogP contribution >= 0.6 is 0 Å². The Hall–Kier alpha value is -2.10. The molecule has 1 aliphatic heterocycles. The van der Waals surface area contributed by atoms with E-state index >= 15 is 0 Å². The van der Waals surface area contributed by atoms with Crippen LogP contribution in [0.5, 0.6) is 5.75 Å². The fourth-order valence-electron chi connectivity index (χ4n) is 1.99. The van der Waals surface area contributed by atoms with E-state index in [1.165, 1.54) is 0 Å². The highest BCUT2D eigenvalue weighted by Gasteiger charge is 2.27. The number of Topliss-reactive ketones (excluding diaryl/α,β-unsaturated/α-hetero) is 1. The van der Waals surface area contributed by atoms with Crippen LogP contribution < -0.4 is 4.74 Å². The molecule has 4 heteroatoms. The molecule has 1 saturated heterocycles. The van der Waals surface area contributed by atoms with Crippen LogP contribution in [-0.2, 0) is 20.7 Å². The van der Waals surface area contributed by atoms with Crippen LogP contribution in [0.2, 0.25) is 0 Å². The lowest BCUT2D eigenvalue weighted by atomic mass is 10.1. The molecule has 4 nitrogen and oxygen atoms in total. The molecule has 1 heterocycles. The molecule has 0 radical (unpaired) electrons. The van der Waals surface area contributed by atoms with Crippen LogP contribution in [0, 0.1) is 0 Å². The molecule has 20 heavy (non-hydrogen) atoms. The highest BCUT2D eigenvalue weighted by Crippen LogP contribution is 2.16. The molecule has 1 aromatic carbocycles. The van der Waals surface area contributed by atoms with Crippen molar-refractivity contribution >= 4 is 11.8 Å². The van der Waals surface area contributed by atoms with Gasteiger partial charge in [-0.05, 0) is 44.4 Å². The number of hydrogen-bond acceptors (Lipinski definition) is 4. The highest BCUT2D eigenvalue weighted by atomic mass is 16.5. The average Bonchev–Trinajstić information content (AvgIpc) is 2.72. The molecule has 0 bridgehead atoms. The molecular formula is C16H18O4. The van der Waals surface area contributed by atoms with Crippen molar-refractivity contribution < 1.29 is 19.1 Å². The van der Waals surface area contributed by atoms with Crippen molar-refractivity contribution in [2.75, 3.05) is 6.61 Å². The molecule has 2 rings (SSSR count). The second-order valence-electron chi connectivity index (χ2n) is 4.97. The van der Waals surface area contributed by atoms with Crippen LogP contribution in [0.15, 0.2) is 35.9 Å². The van der Waals surface area contributed by atoms with Crippen LogP contribution in [0.25, 0.3) is 0 Å². The van der Waals surface area contributed by atoms with Crippen molar-refractivity contribution in [1.29, 1.82) is 0 Å². The fourth-order valence-corrected chi connectivity index (χ4v) is 1.99. The van der Waals surface area contributed by atoms with Gasteiger partial charge in [-0.15, -0.1) is 0 Å². The number of allylic oxidation sites excluding steroid dienone is 1. The summed E-state index contributed by atoms with van der Waals surface area (Å²) in [6.07, 6.45) is 3.23. The van der Waals surface area contributed by atoms with Gasteiger partial charge in [-0.3, -0.25) is 4.79 Å². The number of hydrogen-bond donors (Lipinski definition) is 0. The molecule has 0 spiro atoms. The maximum absolute atomic E-state index is 11.3. The number of rotatable bonds is 5. The highest BCUT2D eigenvalue weighted by molar-refractivity contribution is 6.21. The summed E-state index contributed by atoms with van der Waals surface area (Å²) in [5.41, 5.74) is 1.32. The summed E-state index contributed by atoms with van der Waals surface area (Å²) in [5, 5.41) is 0. The van der Waals surface area contributed by atoms with Gasteiger partial charge in [0.1, 0.15) is 11.3 Å². The molecule has 1 fully saturated rings. The fraction of sp³-hybridized carbons (Fsp3) is 0.375. The number of aryl methyl sites for hydroxylation is 1. The third kappa shape index (κ3) is 3.70. The lowest BCUT2D eigenvalue weighted by molar-refractivity contribution is -0.135. The van der Waals surface area contributed by atoms with Gasteiger partial charge in [0.15, 0.2) is 6.61 Å². The van der Waals surface area contributed by atoms with Crippen LogP contribution in [-0.4, -0.2) is 24.5 Å². The maximum Gasteiger partial charge on any atom is 0.342 e. The van der Waals surface area contributed by atoms with Gasteiger partial charge in [0.25, 0.3) is 0 Å². The summed E-state index contributed by atoms with van der Waals surface area (Å²) in [6.45, 7) is 3.85. The summed E-state index contributed by atoms with van der Waals surface area (Å²) in [5.74, 6) is 0.114. The summed E-state index contributed by atoms with van der Waals surface area (Å²) < 4.78 is 10.2. The van der Waals surface area contributed by atoms with Crippen molar-refractivity contribution in [3.8, 4) is 5.75 Å². The lowest BCUT2D eigenvalue weighted by Gasteiger charge is -2.09. The maximum atomic E-state index is 11.3. The molecule has 0 saturated carbocycles. The minimum Gasteiger partial charge on any atom is -0.491 e. The molecule has 1 aromatic rings. The third-order valence-electron chi connectivity index (χ3n) is 2.93. The quantitative estimate of drug-likeness (QED) is 0.470. The number of benzene rings is 1. The minimum absolute atomic E-state index is 0.119. The predicted octanol–water partition coefficient (Wildman–Crippen LogP) is 2.46. The normalized spacial score (nSPS) is 16.9. The molecule has 106 valence electrons. The molecular weight excluding hydrogens is 256 g/mol. The van der Waals surface area contributed by atoms with Crippen molar-refractivity contribution in [3.63, 3.8) is 0 Å². The van der Waals surface area contributed by atoms with E-state index in [0.29, 0.717) is 6.42 Å². The topological polar surface area (TPSA) is 52.6 Å². The Morgan fingerprint density at radius 3 is 2.50 bits per heavy atom. The number of carbonyl (C=O) groups excluding carboxylic acids is 2. The second-order valence-corrected chi connectivity index (χ2v) is 4.97. The Morgan fingerprint density at radius 1 is 1.25 bits per heavy atom. The monoisotopic (exact) mass is 274 g/mol. The first-order valence-electron chi connectivity index (χ1n) is 6.72. The minimum atomic E-state index is -0.504. The number of cyclic esters (lactones) is 1. The smallest absolute Gasteiger partial charge is 0.342 e. The average molecular weight is 274 g/mol. The number of esters is 1. The van der Waals surface area contributed by atoms with Crippen molar-refractivity contribution in [2.24, 2.45) is 0 Å². The SMILES string of the molecule is CC(C)Oc1ccc(CC/C=C2\C(=O)COC2=O)cc1. The molecule has 0 aliphatic carbocycles. The lowest BCUT2D eigenvalue weighted by Crippen LogP contribution is -2.05. The summed E-state index contributed by atoms with van der Waals surface area (Å²) in [7, 11) is 0. The molecule has 0 aromatic heterocycles. The molecule has 0 unspecified atom stereocenters. The van der Waals surface area contributed by atoms with Crippen molar-refractivity contribution in [2.45, 2.75) is 32.8 Å². The van der Waals surface area contributed by atoms with Gasteiger partial charge in [0.2, 0.25) is 5.78 Å². The zero-order chi connectivity index (χ0) is 14.5. The van der Waals surface area contributed by atoms with E-state index in [4.69, 9.17) is 4.74 Å². The van der Waals surface area contributed by atoms with E-state index in [1.54, 1.807) is 6.08 Å². The van der Waals surface area contributed by atoms with E-state index < -0.39 is 5.97 Å². The van der Waals surface area contributed by atoms with E-state index in [0.717, 1.165) is 17.7 Å². The Balaban J connectivity index is 1.90. The summed E-state index contributed by atoms with van der Waals surface area (Å²) in [6, 6.07) is 7.84. The van der Waals surface area contributed by atoms with Crippen molar-refractivity contribution in [1.82, 2.24) is 0 Å². The predicted molar refractivity (Wildman–Crippen MR) is 74.6 cm³/mol. The summed E-state index contributed by atoms with van der Waals surface area (Å²) >= 11 is 0. The standard InChI is InChI=1S/C16H18O4/c1-11(2)20-13-8-6-12(7-9-13)4-3-5-14-15(17)10-19-16(14)18/h5-9,11H,3-4,10H2,1-2H3/b14-5+. The Morgan fingerprint density at radius 2 is 1.95 bits per heavy atom. The Kier molecular flexibility index (Phi) is 4.56. The van der Waals surface area contributed by atoms with Gasteiger partial charge in [-0.2, -0.15) is 0 Å². The van der Waals surface area contributed by atoms with Gasteiger partial charge in [-0.25, -0.2) is 4.79 Å². The van der Waals surface area contributed by atoms with Gasteiger partial charge < -0.3 is 9.47 Å². The molecule has 0 amide bonds. The molecule has 1 aliphatic rings. The zero-order valence-corrected chi connectivity index (χ0v) is 11.7. The molecule has 0 N–H and O–H groups in total. The second kappa shape index (κ2) is 6.37. The largest absolute Gasteiger partial charge is 0.491 e. The van der Waals surface area contributed by atoms with Gasteiger partial charge in [0.05, 0.1) is 6.10 Å². The first kappa shape index (κ1) is 14.3. The number of ketones is 1. The number of carbonyl (C=O) groups is 2. The van der Waals surface area contributed by atoms with Crippen LogP contribution in [0.1, 0.15) is 25.8 Å². The van der Waals surface area contributed by atoms with E-state index in [-0.39, 0.29) is 24.1 Å². The van der Waals surface area contributed by atoms with Crippen molar-refractivity contribution in [3.05, 3.63) is 41.5 Å². The Bertz CT molecular complexity index is 508. The van der Waals surface area contributed by atoms with Gasteiger partial charge in [0, 0.05) is 0 Å². The van der Waals surface area contributed by atoms with E-state index in [2.05, 4.69) is 4.74 Å². The first-order valence-corrected chi connectivity index (χ1v) is 6.72. The van der Waals surface area contributed by atoms with Crippen LogP contribution in [0.3, 0.4) is 0 Å². The van der Waals surface area contributed by atoms with Gasteiger partial charge in [-0.1, -0.05) is 18.2 Å². The number of ether oxygens (including phenoxy) is 2. The van der Waals surface area contributed by atoms with E-state index in [1.807, 2.05) is 38.1 Å². The third-order valence-corrected chi connectivity index (χ3v) is 2.93. The summed E-state index contributed by atoms with van der Waals surface area (Å²) in [4.78, 5) is 22.6. The zero-order valence-electron chi connectivity index (χ0n) is 11.7. The van der Waals surface area contributed by atoms with Crippen LogP contribution in [0.4, 0.5) is 0 Å².